The van der Waals surface area contributed by atoms with Gasteiger partial charge in [-0.1, -0.05) is 19.8 Å². The molecule has 0 amide bonds. The van der Waals surface area contributed by atoms with Gasteiger partial charge >= 0.3 is 0 Å². The monoisotopic (exact) mass is 408 g/mol. The van der Waals surface area contributed by atoms with Crippen molar-refractivity contribution in [3.8, 4) is 22.1 Å². The van der Waals surface area contributed by atoms with E-state index in [4.69, 9.17) is 4.74 Å². The Balaban J connectivity index is 1.61. The lowest BCUT2D eigenvalue weighted by atomic mass is 9.92. The van der Waals surface area contributed by atoms with Crippen LogP contribution >= 0.6 is 11.3 Å². The molecule has 1 aliphatic rings. The number of thiophene rings is 1. The van der Waals surface area contributed by atoms with Crippen LogP contribution in [0.3, 0.4) is 0 Å². The normalized spacial score (nSPS) is 12.6. The predicted octanol–water partition coefficient (Wildman–Crippen LogP) is 6.42. The van der Waals surface area contributed by atoms with Crippen LogP contribution in [0.1, 0.15) is 64.5 Å². The number of aryl methyl sites for hydroxylation is 4. The number of carbonyl (C=O) groups excluding carboxylic acids is 1. The summed E-state index contributed by atoms with van der Waals surface area (Å²) in [7, 11) is 1.99. The number of hydrogen-bond donors (Lipinski definition) is 0. The summed E-state index contributed by atoms with van der Waals surface area (Å²) in [6, 6.07) is 5.83. The first-order chi connectivity index (χ1) is 14.0. The molecule has 3 aromatic rings. The number of carbonyl (C=O) groups is 1. The fraction of sp³-hybridized carbons (Fsp3) is 0.417. The van der Waals surface area contributed by atoms with Crippen molar-refractivity contribution >= 4 is 17.1 Å². The zero-order valence-corrected chi connectivity index (χ0v) is 18.5. The first kappa shape index (κ1) is 19.9. The second-order valence-corrected chi connectivity index (χ2v) is 9.09. The van der Waals surface area contributed by atoms with Gasteiger partial charge in [0.15, 0.2) is 10.8 Å². The van der Waals surface area contributed by atoms with Gasteiger partial charge in [0.1, 0.15) is 5.75 Å². The fourth-order valence-corrected chi connectivity index (χ4v) is 5.27. The second kappa shape index (κ2) is 8.15. The van der Waals surface area contributed by atoms with E-state index in [0.29, 0.717) is 6.42 Å². The van der Waals surface area contributed by atoms with E-state index in [2.05, 4.69) is 18.9 Å². The number of fused-ring (bicyclic) bond motifs is 3. The van der Waals surface area contributed by atoms with Crippen molar-refractivity contribution in [2.45, 2.75) is 59.3 Å². The molecule has 5 heteroatoms. The standard InChI is InChI=1S/C24H28N2O2S/c1-5-6-7-8-21(27)19-12-10-18(13-15(19)2)28-24-22-20(16(3)29-24)11-9-17-14-25-26(4)23(17)22/h10,12-14H,5-9,11H2,1-4H3. The minimum Gasteiger partial charge on any atom is -0.446 e. The Morgan fingerprint density at radius 2 is 2.07 bits per heavy atom. The molecule has 0 saturated heterocycles. The minimum atomic E-state index is 0.228. The molecular weight excluding hydrogens is 380 g/mol. The highest BCUT2D eigenvalue weighted by Crippen LogP contribution is 2.48. The maximum atomic E-state index is 12.5. The Labute approximate surface area is 176 Å². The molecule has 1 aromatic carbocycles. The summed E-state index contributed by atoms with van der Waals surface area (Å²) in [5.74, 6) is 1.01. The molecule has 152 valence electrons. The average molecular weight is 409 g/mol. The first-order valence-corrected chi connectivity index (χ1v) is 11.3. The number of ether oxygens (including phenoxy) is 1. The summed E-state index contributed by atoms with van der Waals surface area (Å²) in [6.45, 7) is 6.32. The van der Waals surface area contributed by atoms with Gasteiger partial charge in [0.25, 0.3) is 0 Å². The van der Waals surface area contributed by atoms with Crippen molar-refractivity contribution in [2.75, 3.05) is 0 Å². The van der Waals surface area contributed by atoms with E-state index in [9.17, 15) is 4.79 Å². The first-order valence-electron chi connectivity index (χ1n) is 10.4. The topological polar surface area (TPSA) is 44.1 Å². The Morgan fingerprint density at radius 3 is 2.83 bits per heavy atom. The van der Waals surface area contributed by atoms with Gasteiger partial charge < -0.3 is 4.74 Å². The fourth-order valence-electron chi connectivity index (χ4n) is 4.20. The van der Waals surface area contributed by atoms with E-state index in [1.165, 1.54) is 27.3 Å². The lowest BCUT2D eigenvalue weighted by molar-refractivity contribution is 0.0978. The van der Waals surface area contributed by atoms with E-state index >= 15 is 0 Å². The molecule has 2 aromatic heterocycles. The smallest absolute Gasteiger partial charge is 0.190 e. The number of rotatable bonds is 7. The van der Waals surface area contributed by atoms with E-state index in [-0.39, 0.29) is 5.78 Å². The molecule has 0 saturated carbocycles. The molecule has 2 heterocycles. The second-order valence-electron chi connectivity index (χ2n) is 7.90. The summed E-state index contributed by atoms with van der Waals surface area (Å²) in [5.41, 5.74) is 6.81. The Morgan fingerprint density at radius 1 is 1.24 bits per heavy atom. The van der Waals surface area contributed by atoms with Crippen molar-refractivity contribution in [1.29, 1.82) is 0 Å². The van der Waals surface area contributed by atoms with Crippen LogP contribution in [0.2, 0.25) is 0 Å². The number of hydrogen-bond acceptors (Lipinski definition) is 4. The average Bonchev–Trinajstić information content (AvgIpc) is 3.22. The van der Waals surface area contributed by atoms with Gasteiger partial charge in [-0.05, 0) is 68.0 Å². The van der Waals surface area contributed by atoms with E-state index < -0.39 is 0 Å². The summed E-state index contributed by atoms with van der Waals surface area (Å²) >= 11 is 1.70. The van der Waals surface area contributed by atoms with Crippen molar-refractivity contribution < 1.29 is 9.53 Å². The molecular formula is C24H28N2O2S. The van der Waals surface area contributed by atoms with Crippen LogP contribution < -0.4 is 4.74 Å². The summed E-state index contributed by atoms with van der Waals surface area (Å²) in [5, 5.41) is 5.38. The molecule has 0 N–H and O–H groups in total. The quantitative estimate of drug-likeness (QED) is 0.335. The van der Waals surface area contributed by atoms with Gasteiger partial charge in [0, 0.05) is 23.9 Å². The minimum absolute atomic E-state index is 0.228. The van der Waals surface area contributed by atoms with Crippen molar-refractivity contribution in [1.82, 2.24) is 9.78 Å². The van der Waals surface area contributed by atoms with Gasteiger partial charge in [-0.3, -0.25) is 9.48 Å². The van der Waals surface area contributed by atoms with Gasteiger partial charge in [-0.15, -0.1) is 11.3 Å². The Bertz CT molecular complexity index is 1060. The summed E-state index contributed by atoms with van der Waals surface area (Å²) < 4.78 is 8.31. The van der Waals surface area contributed by atoms with Crippen molar-refractivity contribution in [3.05, 3.63) is 51.5 Å². The highest BCUT2D eigenvalue weighted by atomic mass is 32.1. The lowest BCUT2D eigenvalue weighted by Gasteiger charge is -2.16. The molecule has 0 aliphatic heterocycles. The zero-order valence-electron chi connectivity index (χ0n) is 17.7. The van der Waals surface area contributed by atoms with E-state index in [1.807, 2.05) is 43.0 Å². The molecule has 0 spiro atoms. The number of unbranched alkanes of at least 4 members (excludes halogenated alkanes) is 2. The summed E-state index contributed by atoms with van der Waals surface area (Å²) in [4.78, 5) is 13.8. The number of benzene rings is 1. The van der Waals surface area contributed by atoms with E-state index in [0.717, 1.165) is 54.0 Å². The third kappa shape index (κ3) is 3.76. The number of nitrogens with zero attached hydrogens (tertiary/aromatic N) is 2. The van der Waals surface area contributed by atoms with Crippen LogP contribution in [-0.4, -0.2) is 15.6 Å². The molecule has 0 atom stereocenters. The number of ketones is 1. The van der Waals surface area contributed by atoms with Crippen LogP contribution in [0.4, 0.5) is 0 Å². The Hall–Kier alpha value is -2.40. The molecule has 1 aliphatic carbocycles. The molecule has 0 unspecified atom stereocenters. The molecule has 4 rings (SSSR count). The largest absolute Gasteiger partial charge is 0.446 e. The van der Waals surface area contributed by atoms with Crippen LogP contribution in [0.5, 0.6) is 10.8 Å². The lowest BCUT2D eigenvalue weighted by Crippen LogP contribution is -2.05. The zero-order chi connectivity index (χ0) is 20.5. The van der Waals surface area contributed by atoms with Crippen LogP contribution in [0.15, 0.2) is 24.4 Å². The molecule has 29 heavy (non-hydrogen) atoms. The third-order valence-electron chi connectivity index (χ3n) is 5.79. The molecule has 0 fully saturated rings. The summed E-state index contributed by atoms with van der Waals surface area (Å²) in [6.07, 6.45) is 7.84. The van der Waals surface area contributed by atoms with Crippen LogP contribution in [-0.2, 0) is 19.9 Å². The van der Waals surface area contributed by atoms with E-state index in [1.54, 1.807) is 11.3 Å². The maximum Gasteiger partial charge on any atom is 0.190 e. The van der Waals surface area contributed by atoms with Gasteiger partial charge in [-0.2, -0.15) is 5.10 Å². The SMILES string of the molecule is CCCCCC(=O)c1ccc(Oc2sc(C)c3c2-c2c(cnn2C)CC3)cc1C. The highest BCUT2D eigenvalue weighted by molar-refractivity contribution is 7.14. The van der Waals surface area contributed by atoms with Crippen LogP contribution in [0.25, 0.3) is 11.3 Å². The molecule has 0 bridgehead atoms. The van der Waals surface area contributed by atoms with Crippen LogP contribution in [0, 0.1) is 13.8 Å². The van der Waals surface area contributed by atoms with Crippen molar-refractivity contribution in [2.24, 2.45) is 7.05 Å². The number of Topliss-reactive ketones (excluding diaryl/α,β-unsaturated/α-hetero) is 1. The third-order valence-corrected chi connectivity index (χ3v) is 6.81. The predicted molar refractivity (Wildman–Crippen MR) is 118 cm³/mol. The van der Waals surface area contributed by atoms with Gasteiger partial charge in [0.2, 0.25) is 0 Å². The van der Waals surface area contributed by atoms with Crippen molar-refractivity contribution in [3.63, 3.8) is 0 Å². The van der Waals surface area contributed by atoms with Gasteiger partial charge in [0.05, 0.1) is 17.5 Å². The Kier molecular flexibility index (Phi) is 5.59. The number of aromatic nitrogens is 2. The molecule has 4 nitrogen and oxygen atoms in total. The van der Waals surface area contributed by atoms with Gasteiger partial charge in [-0.25, -0.2) is 0 Å². The molecule has 0 radical (unpaired) electrons. The maximum absolute atomic E-state index is 12.5. The highest BCUT2D eigenvalue weighted by Gasteiger charge is 2.28.